The Morgan fingerprint density at radius 1 is 1.50 bits per heavy atom. The van der Waals surface area contributed by atoms with Gasteiger partial charge in [-0.1, -0.05) is 0 Å². The third-order valence-corrected chi connectivity index (χ3v) is 2.64. The van der Waals surface area contributed by atoms with Gasteiger partial charge in [0.15, 0.2) is 0 Å². The van der Waals surface area contributed by atoms with Crippen molar-refractivity contribution in [2.45, 2.75) is 6.42 Å². The minimum atomic E-state index is -0.525. The van der Waals surface area contributed by atoms with Crippen molar-refractivity contribution < 1.29 is 4.92 Å². The lowest BCUT2D eigenvalue weighted by Gasteiger charge is -2.00. The molecule has 2 heterocycles. The zero-order chi connectivity index (χ0) is 11.5. The third-order valence-electron chi connectivity index (χ3n) is 1.86. The monoisotopic (exact) mass is 237 g/mol. The maximum atomic E-state index is 10.7. The van der Waals surface area contributed by atoms with Gasteiger partial charge in [-0.05, 0) is 0 Å². The standard InChI is InChI=1S/C8H7N5O2S/c9-8-11-4-6(13(14)15)5(12-8)3-7-10-1-2-16-7/h1-2,4H,3H2,(H2,9,11,12). The Morgan fingerprint density at radius 2 is 2.31 bits per heavy atom. The minimum absolute atomic E-state index is 0.0251. The van der Waals surface area contributed by atoms with Crippen LogP contribution in [0.5, 0.6) is 0 Å². The molecule has 2 aromatic rings. The highest BCUT2D eigenvalue weighted by Gasteiger charge is 2.17. The first-order chi connectivity index (χ1) is 7.66. The van der Waals surface area contributed by atoms with Crippen LogP contribution in [0.15, 0.2) is 17.8 Å². The van der Waals surface area contributed by atoms with Crippen LogP contribution in [0.1, 0.15) is 10.7 Å². The molecule has 0 saturated carbocycles. The van der Waals surface area contributed by atoms with Gasteiger partial charge in [0, 0.05) is 18.0 Å². The van der Waals surface area contributed by atoms with Crippen molar-refractivity contribution in [1.29, 1.82) is 0 Å². The summed E-state index contributed by atoms with van der Waals surface area (Å²) >= 11 is 1.41. The van der Waals surface area contributed by atoms with Crippen molar-refractivity contribution in [2.24, 2.45) is 0 Å². The number of hydrogen-bond donors (Lipinski definition) is 1. The molecule has 8 heteroatoms. The number of nitrogens with zero attached hydrogens (tertiary/aromatic N) is 4. The molecule has 0 unspecified atom stereocenters. The highest BCUT2D eigenvalue weighted by Crippen LogP contribution is 2.20. The maximum Gasteiger partial charge on any atom is 0.309 e. The van der Waals surface area contributed by atoms with E-state index in [-0.39, 0.29) is 17.3 Å². The average molecular weight is 237 g/mol. The van der Waals surface area contributed by atoms with Crippen molar-refractivity contribution in [2.75, 3.05) is 5.73 Å². The molecule has 2 N–H and O–H groups in total. The molecule has 0 aliphatic carbocycles. The van der Waals surface area contributed by atoms with Crippen LogP contribution in [-0.2, 0) is 6.42 Å². The highest BCUT2D eigenvalue weighted by atomic mass is 32.1. The lowest BCUT2D eigenvalue weighted by atomic mass is 10.2. The van der Waals surface area contributed by atoms with Crippen molar-refractivity contribution >= 4 is 23.0 Å². The molecule has 0 saturated heterocycles. The van der Waals surface area contributed by atoms with Gasteiger partial charge >= 0.3 is 5.69 Å². The summed E-state index contributed by atoms with van der Waals surface area (Å²) in [6, 6.07) is 0. The molecule has 0 spiro atoms. The molecular weight excluding hydrogens is 230 g/mol. The van der Waals surface area contributed by atoms with E-state index in [2.05, 4.69) is 15.0 Å². The van der Waals surface area contributed by atoms with E-state index in [0.29, 0.717) is 6.42 Å². The molecule has 0 amide bonds. The van der Waals surface area contributed by atoms with Gasteiger partial charge in [-0.25, -0.2) is 15.0 Å². The second kappa shape index (κ2) is 4.19. The number of rotatable bonds is 3. The van der Waals surface area contributed by atoms with Crippen molar-refractivity contribution in [3.8, 4) is 0 Å². The van der Waals surface area contributed by atoms with E-state index in [1.807, 2.05) is 0 Å². The van der Waals surface area contributed by atoms with Crippen LogP contribution in [-0.4, -0.2) is 19.9 Å². The Morgan fingerprint density at radius 3 is 2.94 bits per heavy atom. The van der Waals surface area contributed by atoms with E-state index in [9.17, 15) is 10.1 Å². The number of aromatic nitrogens is 3. The molecule has 82 valence electrons. The normalized spacial score (nSPS) is 10.2. The van der Waals surface area contributed by atoms with E-state index in [4.69, 9.17) is 5.73 Å². The molecule has 0 aliphatic heterocycles. The van der Waals surface area contributed by atoms with Crippen LogP contribution in [0.3, 0.4) is 0 Å². The van der Waals surface area contributed by atoms with Crippen LogP contribution in [0, 0.1) is 10.1 Å². The molecule has 0 aliphatic rings. The summed E-state index contributed by atoms with van der Waals surface area (Å²) in [5.74, 6) is 0.0251. The largest absolute Gasteiger partial charge is 0.368 e. The molecular formula is C8H7N5O2S. The number of anilines is 1. The molecule has 16 heavy (non-hydrogen) atoms. The molecule has 0 aromatic carbocycles. The van der Waals surface area contributed by atoms with Gasteiger partial charge in [0.25, 0.3) is 0 Å². The first-order valence-electron chi connectivity index (χ1n) is 4.31. The quantitative estimate of drug-likeness (QED) is 0.630. The lowest BCUT2D eigenvalue weighted by Crippen LogP contribution is -2.04. The van der Waals surface area contributed by atoms with E-state index in [0.717, 1.165) is 11.2 Å². The van der Waals surface area contributed by atoms with Crippen LogP contribution < -0.4 is 5.73 Å². The zero-order valence-electron chi connectivity index (χ0n) is 8.03. The molecule has 0 atom stereocenters. The number of nitro groups is 1. The fourth-order valence-electron chi connectivity index (χ4n) is 1.19. The van der Waals surface area contributed by atoms with Crippen LogP contribution in [0.2, 0.25) is 0 Å². The fraction of sp³-hybridized carbons (Fsp3) is 0.125. The molecule has 2 aromatic heterocycles. The summed E-state index contributed by atoms with van der Waals surface area (Å²) in [7, 11) is 0. The van der Waals surface area contributed by atoms with E-state index >= 15 is 0 Å². The summed E-state index contributed by atoms with van der Waals surface area (Å²) in [5, 5.41) is 13.3. The number of thiazole rings is 1. The van der Waals surface area contributed by atoms with Gasteiger partial charge in [-0.2, -0.15) is 0 Å². The first-order valence-corrected chi connectivity index (χ1v) is 5.19. The predicted molar refractivity (Wildman–Crippen MR) is 58.0 cm³/mol. The Hall–Kier alpha value is -2.09. The second-order valence-electron chi connectivity index (χ2n) is 2.92. The topological polar surface area (TPSA) is 108 Å². The van der Waals surface area contributed by atoms with Crippen molar-refractivity contribution in [1.82, 2.24) is 15.0 Å². The summed E-state index contributed by atoms with van der Waals surface area (Å²) in [6.45, 7) is 0. The van der Waals surface area contributed by atoms with Crippen molar-refractivity contribution in [3.63, 3.8) is 0 Å². The molecule has 0 bridgehead atoms. The number of nitrogen functional groups attached to an aromatic ring is 1. The van der Waals surface area contributed by atoms with Crippen LogP contribution in [0.4, 0.5) is 11.6 Å². The van der Waals surface area contributed by atoms with Gasteiger partial charge in [0.1, 0.15) is 11.9 Å². The van der Waals surface area contributed by atoms with E-state index < -0.39 is 4.92 Å². The molecule has 2 rings (SSSR count). The SMILES string of the molecule is Nc1ncc([N+](=O)[O-])c(Cc2nccs2)n1. The second-order valence-corrected chi connectivity index (χ2v) is 3.90. The molecule has 0 radical (unpaired) electrons. The summed E-state index contributed by atoms with van der Waals surface area (Å²) in [5.41, 5.74) is 5.54. The third kappa shape index (κ3) is 2.11. The van der Waals surface area contributed by atoms with Gasteiger partial charge < -0.3 is 5.73 Å². The summed E-state index contributed by atoms with van der Waals surface area (Å²) in [4.78, 5) is 21.7. The summed E-state index contributed by atoms with van der Waals surface area (Å²) < 4.78 is 0. The van der Waals surface area contributed by atoms with Gasteiger partial charge in [0.2, 0.25) is 5.95 Å². The molecule has 0 fully saturated rings. The van der Waals surface area contributed by atoms with Gasteiger partial charge in [-0.3, -0.25) is 10.1 Å². The van der Waals surface area contributed by atoms with Crippen LogP contribution >= 0.6 is 11.3 Å². The number of hydrogen-bond acceptors (Lipinski definition) is 7. The van der Waals surface area contributed by atoms with Crippen LogP contribution in [0.25, 0.3) is 0 Å². The maximum absolute atomic E-state index is 10.7. The Kier molecular flexibility index (Phi) is 2.73. The highest BCUT2D eigenvalue weighted by molar-refractivity contribution is 7.09. The van der Waals surface area contributed by atoms with E-state index in [1.165, 1.54) is 11.3 Å². The minimum Gasteiger partial charge on any atom is -0.368 e. The van der Waals surface area contributed by atoms with Gasteiger partial charge in [0.05, 0.1) is 9.93 Å². The van der Waals surface area contributed by atoms with Crippen molar-refractivity contribution in [3.05, 3.63) is 38.6 Å². The van der Waals surface area contributed by atoms with Gasteiger partial charge in [-0.15, -0.1) is 11.3 Å². The smallest absolute Gasteiger partial charge is 0.309 e. The average Bonchev–Trinajstić information content (AvgIpc) is 2.70. The van der Waals surface area contributed by atoms with E-state index in [1.54, 1.807) is 11.6 Å². The number of nitrogens with two attached hydrogens (primary N) is 1. The fourth-order valence-corrected chi connectivity index (χ4v) is 1.81. The molecule has 7 nitrogen and oxygen atoms in total. The predicted octanol–water partition coefficient (Wildman–Crippen LogP) is 1.01. The Labute approximate surface area is 94.1 Å². The first kappa shape index (κ1) is 10.4. The zero-order valence-corrected chi connectivity index (χ0v) is 8.85. The Bertz CT molecular complexity index is 513. The lowest BCUT2D eigenvalue weighted by molar-refractivity contribution is -0.386. The summed E-state index contributed by atoms with van der Waals surface area (Å²) in [6.07, 6.45) is 3.04. The Balaban J connectivity index is 2.38.